The number of nitrogens with zero attached hydrogens (tertiary/aromatic N) is 1. The Bertz CT molecular complexity index is 222. The molecule has 1 fully saturated rings. The fraction of sp³-hybridized carbons (Fsp3) is 0.900. The van der Waals surface area contributed by atoms with E-state index in [9.17, 15) is 5.11 Å². The molecule has 0 radical (unpaired) electrons. The highest BCUT2D eigenvalue weighted by Gasteiger charge is 2.32. The lowest BCUT2D eigenvalue weighted by atomic mass is 9.91. The highest BCUT2D eigenvalue weighted by molar-refractivity contribution is 5.84. The molecule has 4 nitrogen and oxygen atoms in total. The van der Waals surface area contributed by atoms with Crippen LogP contribution in [0.2, 0.25) is 0 Å². The van der Waals surface area contributed by atoms with Crippen LogP contribution in [0.1, 0.15) is 25.7 Å². The van der Waals surface area contributed by atoms with Gasteiger partial charge in [0.25, 0.3) is 0 Å². The number of aliphatic hydroxyl groups is 1. The van der Waals surface area contributed by atoms with Gasteiger partial charge in [0.2, 0.25) is 0 Å². The molecule has 0 aromatic heterocycles. The van der Waals surface area contributed by atoms with Crippen LogP contribution >= 0.6 is 0 Å². The van der Waals surface area contributed by atoms with Crippen molar-refractivity contribution < 1.29 is 9.84 Å². The molecule has 2 aliphatic heterocycles. The summed E-state index contributed by atoms with van der Waals surface area (Å²) in [7, 11) is 0. The van der Waals surface area contributed by atoms with Crippen molar-refractivity contribution in [2.45, 2.75) is 31.2 Å². The zero-order chi connectivity index (χ0) is 9.86. The van der Waals surface area contributed by atoms with E-state index in [4.69, 9.17) is 4.74 Å². The van der Waals surface area contributed by atoms with E-state index in [0.717, 1.165) is 51.3 Å². The van der Waals surface area contributed by atoms with Crippen molar-refractivity contribution in [1.29, 1.82) is 0 Å². The molecule has 1 saturated heterocycles. The van der Waals surface area contributed by atoms with E-state index in [1.807, 2.05) is 0 Å². The van der Waals surface area contributed by atoms with Gasteiger partial charge in [-0.3, -0.25) is 4.99 Å². The van der Waals surface area contributed by atoms with Crippen LogP contribution in [-0.4, -0.2) is 42.8 Å². The summed E-state index contributed by atoms with van der Waals surface area (Å²) in [6, 6.07) is 0. The van der Waals surface area contributed by atoms with Crippen LogP contribution in [-0.2, 0) is 4.74 Å². The standard InChI is InChI=1S/C10H18N2O2/c13-8-10(3-6-14-7-4-10)12-9-2-1-5-11-9/h13H,1-8H2,(H,11,12). The molecule has 0 aromatic rings. The van der Waals surface area contributed by atoms with Gasteiger partial charge in [-0.2, -0.15) is 0 Å². The number of rotatable bonds is 2. The zero-order valence-electron chi connectivity index (χ0n) is 8.46. The molecule has 0 spiro atoms. The average Bonchev–Trinajstić information content (AvgIpc) is 2.72. The third kappa shape index (κ3) is 2.07. The first-order chi connectivity index (χ1) is 6.85. The van der Waals surface area contributed by atoms with E-state index in [-0.39, 0.29) is 12.1 Å². The van der Waals surface area contributed by atoms with Gasteiger partial charge in [0.05, 0.1) is 18.0 Å². The second kappa shape index (κ2) is 4.28. The molecule has 4 heteroatoms. The summed E-state index contributed by atoms with van der Waals surface area (Å²) in [6.45, 7) is 2.58. The third-order valence-electron chi connectivity index (χ3n) is 3.04. The van der Waals surface area contributed by atoms with Crippen LogP contribution < -0.4 is 5.32 Å². The number of aliphatic imine (C=N–C) groups is 1. The van der Waals surface area contributed by atoms with Crippen molar-refractivity contribution in [3.63, 3.8) is 0 Å². The summed E-state index contributed by atoms with van der Waals surface area (Å²) >= 11 is 0. The maximum Gasteiger partial charge on any atom is 0.0968 e. The van der Waals surface area contributed by atoms with Gasteiger partial charge in [-0.15, -0.1) is 0 Å². The van der Waals surface area contributed by atoms with Gasteiger partial charge in [-0.05, 0) is 19.3 Å². The summed E-state index contributed by atoms with van der Waals surface area (Å²) in [5.74, 6) is 1.07. The molecule has 2 rings (SSSR count). The molecule has 0 amide bonds. The summed E-state index contributed by atoms with van der Waals surface area (Å²) < 4.78 is 5.30. The normalized spacial score (nSPS) is 25.9. The minimum Gasteiger partial charge on any atom is -0.394 e. The molecule has 2 aliphatic rings. The summed E-state index contributed by atoms with van der Waals surface area (Å²) in [5.41, 5.74) is -0.165. The molecule has 80 valence electrons. The van der Waals surface area contributed by atoms with Gasteiger partial charge in [-0.25, -0.2) is 0 Å². The number of amidine groups is 1. The number of ether oxygens (including phenoxy) is 1. The van der Waals surface area contributed by atoms with Crippen LogP contribution in [0.3, 0.4) is 0 Å². The quantitative estimate of drug-likeness (QED) is 0.671. The highest BCUT2D eigenvalue weighted by atomic mass is 16.5. The van der Waals surface area contributed by atoms with Gasteiger partial charge < -0.3 is 15.2 Å². The molecule has 0 aliphatic carbocycles. The highest BCUT2D eigenvalue weighted by Crippen LogP contribution is 2.21. The van der Waals surface area contributed by atoms with E-state index >= 15 is 0 Å². The van der Waals surface area contributed by atoms with Crippen molar-refractivity contribution in [3.05, 3.63) is 0 Å². The Kier molecular flexibility index (Phi) is 3.03. The third-order valence-corrected chi connectivity index (χ3v) is 3.04. The monoisotopic (exact) mass is 198 g/mol. The zero-order valence-corrected chi connectivity index (χ0v) is 8.46. The second-order valence-electron chi connectivity index (χ2n) is 4.11. The first-order valence-electron chi connectivity index (χ1n) is 5.35. The summed E-state index contributed by atoms with van der Waals surface area (Å²) in [6.07, 6.45) is 3.92. The van der Waals surface area contributed by atoms with Crippen LogP contribution in [0.25, 0.3) is 0 Å². The number of hydrogen-bond acceptors (Lipinski definition) is 4. The van der Waals surface area contributed by atoms with Crippen molar-refractivity contribution in [2.75, 3.05) is 26.4 Å². The maximum atomic E-state index is 9.43. The lowest BCUT2D eigenvalue weighted by Gasteiger charge is -2.37. The summed E-state index contributed by atoms with van der Waals surface area (Å²) in [4.78, 5) is 4.38. The fourth-order valence-electron chi connectivity index (χ4n) is 2.03. The minimum absolute atomic E-state index is 0.165. The molecule has 0 aromatic carbocycles. The van der Waals surface area contributed by atoms with Crippen molar-refractivity contribution >= 4 is 5.84 Å². The molecular weight excluding hydrogens is 180 g/mol. The van der Waals surface area contributed by atoms with Crippen molar-refractivity contribution in [1.82, 2.24) is 5.32 Å². The molecule has 0 bridgehead atoms. The molecular formula is C10H18N2O2. The fourth-order valence-corrected chi connectivity index (χ4v) is 2.03. The Morgan fingerprint density at radius 1 is 1.43 bits per heavy atom. The topological polar surface area (TPSA) is 53.8 Å². The van der Waals surface area contributed by atoms with Gasteiger partial charge in [-0.1, -0.05) is 0 Å². The lowest BCUT2D eigenvalue weighted by molar-refractivity contribution is 0.0205. The predicted octanol–water partition coefficient (Wildman–Crippen LogP) is 0.310. The molecule has 14 heavy (non-hydrogen) atoms. The van der Waals surface area contributed by atoms with Gasteiger partial charge in [0.15, 0.2) is 0 Å². The minimum atomic E-state index is -0.165. The number of aliphatic hydroxyl groups excluding tert-OH is 1. The average molecular weight is 198 g/mol. The maximum absolute atomic E-state index is 9.43. The lowest BCUT2D eigenvalue weighted by Crippen LogP contribution is -2.54. The SMILES string of the molecule is OCC1(NC2=NCCC2)CCOCC1. The Morgan fingerprint density at radius 3 is 2.79 bits per heavy atom. The van der Waals surface area contributed by atoms with E-state index in [0.29, 0.717) is 0 Å². The number of nitrogens with one attached hydrogen (secondary N) is 1. The smallest absolute Gasteiger partial charge is 0.0968 e. The van der Waals surface area contributed by atoms with Gasteiger partial charge in [0, 0.05) is 26.2 Å². The molecule has 2 heterocycles. The van der Waals surface area contributed by atoms with E-state index < -0.39 is 0 Å². The van der Waals surface area contributed by atoms with Crippen LogP contribution in [0.4, 0.5) is 0 Å². The van der Waals surface area contributed by atoms with Crippen molar-refractivity contribution in [3.8, 4) is 0 Å². The first kappa shape index (κ1) is 9.93. The van der Waals surface area contributed by atoms with E-state index in [1.165, 1.54) is 0 Å². The van der Waals surface area contributed by atoms with E-state index in [2.05, 4.69) is 10.3 Å². The largest absolute Gasteiger partial charge is 0.394 e. The Balaban J connectivity index is 1.96. The van der Waals surface area contributed by atoms with Crippen LogP contribution in [0.5, 0.6) is 0 Å². The Labute approximate surface area is 84.4 Å². The Morgan fingerprint density at radius 2 is 2.21 bits per heavy atom. The first-order valence-corrected chi connectivity index (χ1v) is 5.35. The predicted molar refractivity (Wildman–Crippen MR) is 54.5 cm³/mol. The van der Waals surface area contributed by atoms with Crippen LogP contribution in [0, 0.1) is 0 Å². The van der Waals surface area contributed by atoms with Gasteiger partial charge in [0.1, 0.15) is 0 Å². The van der Waals surface area contributed by atoms with Crippen molar-refractivity contribution in [2.24, 2.45) is 4.99 Å². The molecule has 0 saturated carbocycles. The molecule has 2 N–H and O–H groups in total. The summed E-state index contributed by atoms with van der Waals surface area (Å²) in [5, 5.41) is 12.8. The van der Waals surface area contributed by atoms with E-state index in [1.54, 1.807) is 0 Å². The Hall–Kier alpha value is -0.610. The number of hydrogen-bond donors (Lipinski definition) is 2. The second-order valence-corrected chi connectivity index (χ2v) is 4.11. The molecule has 0 atom stereocenters. The molecule has 0 unspecified atom stereocenters. The van der Waals surface area contributed by atoms with Crippen LogP contribution in [0.15, 0.2) is 4.99 Å². The van der Waals surface area contributed by atoms with Gasteiger partial charge >= 0.3 is 0 Å².